The third-order valence-corrected chi connectivity index (χ3v) is 5.92. The summed E-state index contributed by atoms with van der Waals surface area (Å²) in [5, 5.41) is 1.38. The lowest BCUT2D eigenvalue weighted by Crippen LogP contribution is -2.39. The molecule has 0 spiro atoms. The summed E-state index contributed by atoms with van der Waals surface area (Å²) in [4.78, 5) is 28.9. The van der Waals surface area contributed by atoms with Crippen molar-refractivity contribution in [3.05, 3.63) is 71.5 Å². The van der Waals surface area contributed by atoms with E-state index in [-0.39, 0.29) is 23.8 Å². The highest BCUT2D eigenvalue weighted by atomic mass is 35.5. The van der Waals surface area contributed by atoms with Crippen molar-refractivity contribution in [2.75, 3.05) is 38.6 Å². The van der Waals surface area contributed by atoms with Crippen molar-refractivity contribution in [2.45, 2.75) is 0 Å². The van der Waals surface area contributed by atoms with Gasteiger partial charge in [-0.25, -0.2) is 9.97 Å². The first-order chi connectivity index (χ1) is 16.1. The summed E-state index contributed by atoms with van der Waals surface area (Å²) in [6.45, 7) is 2.82. The van der Waals surface area contributed by atoms with Crippen LogP contribution in [0.4, 0.5) is 5.82 Å². The van der Waals surface area contributed by atoms with Gasteiger partial charge < -0.3 is 10.5 Å². The molecule has 166 valence electrons. The molecular formula is C25H22ClN5O2. The Hall–Kier alpha value is -3.39. The van der Waals surface area contributed by atoms with E-state index in [9.17, 15) is 4.79 Å². The largest absolute Gasteiger partial charge is 0.382 e. The Morgan fingerprint density at radius 2 is 1.76 bits per heavy atom. The van der Waals surface area contributed by atoms with Crippen LogP contribution in [0.3, 0.4) is 0 Å². The van der Waals surface area contributed by atoms with E-state index in [1.807, 2.05) is 53.4 Å². The van der Waals surface area contributed by atoms with Crippen LogP contribution in [0.15, 0.2) is 60.8 Å². The number of halogens is 1. The summed E-state index contributed by atoms with van der Waals surface area (Å²) < 4.78 is 5.38. The first-order valence-corrected chi connectivity index (χ1v) is 11.1. The van der Waals surface area contributed by atoms with Gasteiger partial charge in [-0.15, -0.1) is 0 Å². The van der Waals surface area contributed by atoms with Gasteiger partial charge in [-0.1, -0.05) is 48.0 Å². The van der Waals surface area contributed by atoms with Gasteiger partial charge in [-0.3, -0.25) is 14.7 Å². The fourth-order valence-corrected chi connectivity index (χ4v) is 4.25. The van der Waals surface area contributed by atoms with Gasteiger partial charge in [-0.2, -0.15) is 0 Å². The number of Topliss-reactive ketones (excluding diaryl/α,β-unsaturated/α-hetero) is 1. The van der Waals surface area contributed by atoms with Crippen molar-refractivity contribution >= 4 is 34.1 Å². The van der Waals surface area contributed by atoms with Crippen LogP contribution in [0, 0.1) is 0 Å². The first-order valence-electron chi connectivity index (χ1n) is 10.7. The number of benzene rings is 2. The number of nitrogens with two attached hydrogens (primary N) is 1. The SMILES string of the molecule is Nc1nc(-c2ccccc2)c(-c2cc(Cl)c3ncccc3c2)nc1C(=O)CN1CCOCC1. The zero-order valence-corrected chi connectivity index (χ0v) is 18.6. The van der Waals surface area contributed by atoms with E-state index in [2.05, 4.69) is 9.97 Å². The lowest BCUT2D eigenvalue weighted by molar-refractivity contribution is 0.0370. The normalized spacial score (nSPS) is 14.5. The third kappa shape index (κ3) is 4.43. The maximum atomic E-state index is 13.1. The average molecular weight is 460 g/mol. The highest BCUT2D eigenvalue weighted by Gasteiger charge is 2.23. The zero-order valence-electron chi connectivity index (χ0n) is 17.9. The van der Waals surface area contributed by atoms with E-state index in [4.69, 9.17) is 27.1 Å². The maximum Gasteiger partial charge on any atom is 0.198 e. The molecule has 1 aliphatic rings. The predicted molar refractivity (Wildman–Crippen MR) is 129 cm³/mol. The van der Waals surface area contributed by atoms with E-state index in [0.29, 0.717) is 48.2 Å². The van der Waals surface area contributed by atoms with Crippen LogP contribution in [-0.4, -0.2) is 58.5 Å². The topological polar surface area (TPSA) is 94.2 Å². The number of ketones is 1. The van der Waals surface area contributed by atoms with Crippen molar-refractivity contribution in [1.29, 1.82) is 0 Å². The molecule has 2 aromatic heterocycles. The Morgan fingerprint density at radius 1 is 1.00 bits per heavy atom. The van der Waals surface area contributed by atoms with E-state index in [1.54, 1.807) is 12.3 Å². The number of fused-ring (bicyclic) bond motifs is 1. The molecule has 0 unspecified atom stereocenters. The molecule has 0 aliphatic carbocycles. The lowest BCUT2D eigenvalue weighted by atomic mass is 10.0. The second kappa shape index (κ2) is 9.23. The number of carbonyl (C=O) groups is 1. The number of carbonyl (C=O) groups excluding carboxylic acids is 1. The number of nitrogen functional groups attached to an aromatic ring is 1. The lowest BCUT2D eigenvalue weighted by Gasteiger charge is -2.25. The Bertz CT molecular complexity index is 1320. The molecule has 1 saturated heterocycles. The van der Waals surface area contributed by atoms with Crippen molar-refractivity contribution < 1.29 is 9.53 Å². The molecule has 0 amide bonds. The summed E-state index contributed by atoms with van der Waals surface area (Å²) in [7, 11) is 0. The van der Waals surface area contributed by atoms with Gasteiger partial charge in [0.25, 0.3) is 0 Å². The fraction of sp³-hybridized carbons (Fsp3) is 0.200. The van der Waals surface area contributed by atoms with Gasteiger partial charge in [0.05, 0.1) is 41.7 Å². The highest BCUT2D eigenvalue weighted by molar-refractivity contribution is 6.35. The maximum absolute atomic E-state index is 13.1. The molecule has 1 fully saturated rings. The molecule has 1 aliphatic heterocycles. The van der Waals surface area contributed by atoms with Crippen molar-refractivity contribution in [2.24, 2.45) is 0 Å². The minimum absolute atomic E-state index is 0.115. The molecule has 33 heavy (non-hydrogen) atoms. The van der Waals surface area contributed by atoms with Crippen LogP contribution in [0.25, 0.3) is 33.4 Å². The number of anilines is 1. The molecule has 0 bridgehead atoms. The summed E-state index contributed by atoms with van der Waals surface area (Å²) in [6.07, 6.45) is 1.70. The second-order valence-corrected chi connectivity index (χ2v) is 8.27. The van der Waals surface area contributed by atoms with E-state index in [1.165, 1.54) is 0 Å². The molecule has 2 N–H and O–H groups in total. The van der Waals surface area contributed by atoms with Crippen LogP contribution in [0.1, 0.15) is 10.5 Å². The zero-order chi connectivity index (χ0) is 22.8. The molecule has 5 rings (SSSR count). The number of rotatable bonds is 5. The Labute approximate surface area is 196 Å². The van der Waals surface area contributed by atoms with E-state index in [0.717, 1.165) is 16.5 Å². The third-order valence-electron chi connectivity index (χ3n) is 5.64. The van der Waals surface area contributed by atoms with Crippen LogP contribution >= 0.6 is 11.6 Å². The monoisotopic (exact) mass is 459 g/mol. The molecule has 7 nitrogen and oxygen atoms in total. The second-order valence-electron chi connectivity index (χ2n) is 7.87. The molecule has 0 saturated carbocycles. The number of pyridine rings is 1. The standard InChI is InChI=1S/C25H22ClN5O2/c26-19-14-18(13-17-7-4-8-28-21(17)19)23-22(16-5-2-1-3-6-16)30-25(27)24(29-23)20(32)15-31-9-11-33-12-10-31/h1-8,13-14H,9-12,15H2,(H2,27,30). The van der Waals surface area contributed by atoms with Crippen molar-refractivity contribution in [3.8, 4) is 22.5 Å². The van der Waals surface area contributed by atoms with E-state index < -0.39 is 0 Å². The molecule has 2 aromatic carbocycles. The Morgan fingerprint density at radius 3 is 2.55 bits per heavy atom. The number of aromatic nitrogens is 3. The quantitative estimate of drug-likeness (QED) is 0.449. The summed E-state index contributed by atoms with van der Waals surface area (Å²) in [5.41, 5.74) is 9.86. The number of nitrogens with zero attached hydrogens (tertiary/aromatic N) is 4. The molecule has 3 heterocycles. The van der Waals surface area contributed by atoms with E-state index >= 15 is 0 Å². The van der Waals surface area contributed by atoms with Gasteiger partial charge >= 0.3 is 0 Å². The minimum Gasteiger partial charge on any atom is -0.382 e. The van der Waals surface area contributed by atoms with Gasteiger partial charge in [0.15, 0.2) is 17.3 Å². The summed E-state index contributed by atoms with van der Waals surface area (Å²) in [5.74, 6) is -0.0549. The molecular weight excluding hydrogens is 438 g/mol. The number of hydrogen-bond donors (Lipinski definition) is 1. The van der Waals surface area contributed by atoms with Crippen molar-refractivity contribution in [3.63, 3.8) is 0 Å². The Kier molecular flexibility index (Phi) is 6.00. The molecule has 0 radical (unpaired) electrons. The molecule has 8 heteroatoms. The van der Waals surface area contributed by atoms with Gasteiger partial charge in [-0.05, 0) is 18.2 Å². The minimum atomic E-state index is -0.170. The average Bonchev–Trinajstić information content (AvgIpc) is 2.85. The fourth-order valence-electron chi connectivity index (χ4n) is 3.97. The Balaban J connectivity index is 1.64. The van der Waals surface area contributed by atoms with Gasteiger partial charge in [0.1, 0.15) is 0 Å². The number of ether oxygens (including phenoxy) is 1. The highest BCUT2D eigenvalue weighted by Crippen LogP contribution is 2.35. The van der Waals surface area contributed by atoms with Crippen LogP contribution in [0.5, 0.6) is 0 Å². The number of hydrogen-bond acceptors (Lipinski definition) is 7. The van der Waals surface area contributed by atoms with Gasteiger partial charge in [0.2, 0.25) is 0 Å². The predicted octanol–water partition coefficient (Wildman–Crippen LogP) is 4.11. The van der Waals surface area contributed by atoms with Crippen LogP contribution in [0.2, 0.25) is 5.02 Å². The summed E-state index contributed by atoms with van der Waals surface area (Å²) in [6, 6.07) is 17.2. The van der Waals surface area contributed by atoms with Crippen LogP contribution < -0.4 is 5.73 Å². The molecule has 4 aromatic rings. The molecule has 0 atom stereocenters. The summed E-state index contributed by atoms with van der Waals surface area (Å²) >= 11 is 6.55. The number of morpholine rings is 1. The van der Waals surface area contributed by atoms with Crippen LogP contribution in [-0.2, 0) is 4.74 Å². The van der Waals surface area contributed by atoms with Gasteiger partial charge in [0, 0.05) is 35.8 Å². The first kappa shape index (κ1) is 21.5. The van der Waals surface area contributed by atoms with Crippen molar-refractivity contribution in [1.82, 2.24) is 19.9 Å². The smallest absolute Gasteiger partial charge is 0.198 e.